The van der Waals surface area contributed by atoms with Gasteiger partial charge in [-0.2, -0.15) is 9.40 Å². The van der Waals surface area contributed by atoms with Gasteiger partial charge in [0.15, 0.2) is 0 Å². The summed E-state index contributed by atoms with van der Waals surface area (Å²) >= 11 is 0. The van der Waals surface area contributed by atoms with E-state index in [0.29, 0.717) is 24.4 Å². The first-order valence-corrected chi connectivity index (χ1v) is 10.4. The second-order valence-corrected chi connectivity index (χ2v) is 8.87. The lowest BCUT2D eigenvalue weighted by Gasteiger charge is -2.33. The number of sulfonamides is 1. The molecule has 2 aliphatic rings. The van der Waals surface area contributed by atoms with E-state index in [2.05, 4.69) is 20.8 Å². The van der Waals surface area contributed by atoms with Crippen LogP contribution in [0.4, 0.5) is 0 Å². The van der Waals surface area contributed by atoms with Crippen molar-refractivity contribution in [1.82, 2.24) is 25.1 Å². The fraction of sp³-hybridized carbons (Fsp3) is 0.750. The highest BCUT2D eigenvalue weighted by Gasteiger charge is 2.36. The molecule has 8 nitrogen and oxygen atoms in total. The fourth-order valence-corrected chi connectivity index (χ4v) is 5.57. The van der Waals surface area contributed by atoms with Crippen LogP contribution in [-0.2, 0) is 14.8 Å². The molecule has 26 heavy (non-hydrogen) atoms. The highest BCUT2D eigenvalue weighted by Crippen LogP contribution is 2.27. The molecule has 0 radical (unpaired) electrons. The minimum absolute atomic E-state index is 0. The quantitative estimate of drug-likeness (QED) is 0.684. The summed E-state index contributed by atoms with van der Waals surface area (Å²) in [7, 11) is -3.63. The van der Waals surface area contributed by atoms with E-state index in [1.165, 1.54) is 4.31 Å². The second kappa shape index (κ2) is 8.69. The average molecular weight is 406 g/mol. The van der Waals surface area contributed by atoms with Crippen LogP contribution in [0.1, 0.15) is 37.1 Å². The summed E-state index contributed by atoms with van der Waals surface area (Å²) in [6, 6.07) is 0.194. The molecule has 2 saturated heterocycles. The van der Waals surface area contributed by atoms with E-state index in [9.17, 15) is 13.2 Å². The smallest absolute Gasteiger partial charge is 0.246 e. The minimum Gasteiger partial charge on any atom is -0.353 e. The van der Waals surface area contributed by atoms with Crippen LogP contribution in [-0.4, -0.2) is 61.0 Å². The van der Waals surface area contributed by atoms with E-state index >= 15 is 0 Å². The summed E-state index contributed by atoms with van der Waals surface area (Å²) in [5, 5.41) is 13.1. The van der Waals surface area contributed by atoms with Crippen molar-refractivity contribution in [3.05, 3.63) is 11.4 Å². The van der Waals surface area contributed by atoms with E-state index in [0.717, 1.165) is 32.4 Å². The van der Waals surface area contributed by atoms with Crippen LogP contribution in [0.5, 0.6) is 0 Å². The van der Waals surface area contributed by atoms with Gasteiger partial charge in [-0.3, -0.25) is 9.89 Å². The summed E-state index contributed by atoms with van der Waals surface area (Å²) in [5.74, 6) is -0.307. The van der Waals surface area contributed by atoms with Crippen molar-refractivity contribution in [2.75, 3.05) is 26.2 Å². The standard InChI is InChI=1S/C16H27N5O3S.ClH/c1-11-15(12(2)20-19-11)25(23,24)21-9-3-4-13(10-21)16(22)18-14-5-7-17-8-6-14;/h13-14,17H,3-10H2,1-2H3,(H,18,22)(H,19,20);1H. The lowest BCUT2D eigenvalue weighted by atomic mass is 9.97. The van der Waals surface area contributed by atoms with Crippen LogP contribution in [0.2, 0.25) is 0 Å². The fourth-order valence-electron chi connectivity index (χ4n) is 3.71. The number of nitrogens with zero attached hydrogens (tertiary/aromatic N) is 2. The molecule has 1 aromatic rings. The van der Waals surface area contributed by atoms with Crippen molar-refractivity contribution in [1.29, 1.82) is 0 Å². The predicted octanol–water partition coefficient (Wildman–Crippen LogP) is 0.717. The molecule has 148 valence electrons. The van der Waals surface area contributed by atoms with Crippen LogP contribution in [0, 0.1) is 19.8 Å². The van der Waals surface area contributed by atoms with E-state index in [-0.39, 0.29) is 41.7 Å². The van der Waals surface area contributed by atoms with Gasteiger partial charge in [-0.1, -0.05) is 0 Å². The van der Waals surface area contributed by atoms with Gasteiger partial charge in [0.2, 0.25) is 15.9 Å². The first-order chi connectivity index (χ1) is 11.9. The average Bonchev–Trinajstić information content (AvgIpc) is 2.95. The Labute approximate surface area is 160 Å². The van der Waals surface area contributed by atoms with Gasteiger partial charge < -0.3 is 10.6 Å². The molecule has 10 heteroatoms. The van der Waals surface area contributed by atoms with Crippen molar-refractivity contribution >= 4 is 28.3 Å². The first kappa shape index (κ1) is 21.1. The van der Waals surface area contributed by atoms with Crippen LogP contribution in [0.25, 0.3) is 0 Å². The van der Waals surface area contributed by atoms with Gasteiger partial charge in [0, 0.05) is 19.1 Å². The first-order valence-electron chi connectivity index (χ1n) is 8.92. The Kier molecular flexibility index (Phi) is 7.06. The Balaban J connectivity index is 0.00000243. The molecule has 0 spiro atoms. The van der Waals surface area contributed by atoms with Crippen LogP contribution in [0.15, 0.2) is 4.90 Å². The number of carbonyl (C=O) groups is 1. The number of hydrogen-bond acceptors (Lipinski definition) is 5. The van der Waals surface area contributed by atoms with E-state index in [1.54, 1.807) is 13.8 Å². The van der Waals surface area contributed by atoms with Gasteiger partial charge in [-0.15, -0.1) is 12.4 Å². The molecule has 3 N–H and O–H groups in total. The van der Waals surface area contributed by atoms with Gasteiger partial charge in [0.05, 0.1) is 17.3 Å². The number of aryl methyl sites for hydroxylation is 2. The maximum absolute atomic E-state index is 13.0. The number of H-pyrrole nitrogens is 1. The van der Waals surface area contributed by atoms with Crippen molar-refractivity contribution in [3.63, 3.8) is 0 Å². The van der Waals surface area contributed by atoms with Crippen LogP contribution >= 0.6 is 12.4 Å². The minimum atomic E-state index is -3.63. The van der Waals surface area contributed by atoms with E-state index < -0.39 is 10.0 Å². The second-order valence-electron chi connectivity index (χ2n) is 7.00. The molecule has 1 aromatic heterocycles. The molecule has 0 aromatic carbocycles. The maximum atomic E-state index is 13.0. The number of halogens is 1. The number of carbonyl (C=O) groups excluding carboxylic acids is 1. The number of rotatable bonds is 4. The molecule has 0 bridgehead atoms. The Morgan fingerprint density at radius 2 is 1.92 bits per heavy atom. The molecule has 1 unspecified atom stereocenters. The SMILES string of the molecule is Cc1n[nH]c(C)c1S(=O)(=O)N1CCCC(C(=O)NC2CCNCC2)C1.Cl. The Hall–Kier alpha value is -1.16. The molecule has 0 saturated carbocycles. The predicted molar refractivity (Wildman–Crippen MR) is 101 cm³/mol. The maximum Gasteiger partial charge on any atom is 0.246 e. The molecular weight excluding hydrogens is 378 g/mol. The summed E-state index contributed by atoms with van der Waals surface area (Å²) in [6.07, 6.45) is 3.27. The molecule has 2 aliphatic heterocycles. The summed E-state index contributed by atoms with van der Waals surface area (Å²) in [5.41, 5.74) is 1.01. The third-order valence-electron chi connectivity index (χ3n) is 5.10. The number of aromatic amines is 1. The lowest BCUT2D eigenvalue weighted by molar-refractivity contribution is -0.127. The molecule has 1 amide bonds. The summed E-state index contributed by atoms with van der Waals surface area (Å²) < 4.78 is 27.4. The van der Waals surface area contributed by atoms with Gasteiger partial charge in [0.25, 0.3) is 0 Å². The third-order valence-corrected chi connectivity index (χ3v) is 7.23. The highest BCUT2D eigenvalue weighted by atomic mass is 35.5. The molecular formula is C16H28ClN5O3S. The van der Waals surface area contributed by atoms with Gasteiger partial charge in [-0.25, -0.2) is 8.42 Å². The normalized spacial score (nSPS) is 22.6. The topological polar surface area (TPSA) is 107 Å². The molecule has 2 fully saturated rings. The number of amides is 1. The highest BCUT2D eigenvalue weighted by molar-refractivity contribution is 7.89. The zero-order valence-electron chi connectivity index (χ0n) is 15.2. The monoisotopic (exact) mass is 405 g/mol. The number of nitrogens with one attached hydrogen (secondary N) is 3. The van der Waals surface area contributed by atoms with Gasteiger partial charge in [0.1, 0.15) is 4.90 Å². The Bertz CT molecular complexity index is 711. The Morgan fingerprint density at radius 3 is 2.54 bits per heavy atom. The molecule has 1 atom stereocenters. The number of hydrogen-bond donors (Lipinski definition) is 3. The van der Waals surface area contributed by atoms with Gasteiger partial charge in [-0.05, 0) is 52.6 Å². The van der Waals surface area contributed by atoms with E-state index in [1.807, 2.05) is 0 Å². The Morgan fingerprint density at radius 1 is 1.23 bits per heavy atom. The van der Waals surface area contributed by atoms with Crippen molar-refractivity contribution in [2.24, 2.45) is 5.92 Å². The number of piperidine rings is 2. The zero-order valence-corrected chi connectivity index (χ0v) is 16.9. The molecule has 3 heterocycles. The largest absolute Gasteiger partial charge is 0.353 e. The summed E-state index contributed by atoms with van der Waals surface area (Å²) in [6.45, 7) is 5.90. The molecule has 0 aliphatic carbocycles. The van der Waals surface area contributed by atoms with Gasteiger partial charge >= 0.3 is 0 Å². The van der Waals surface area contributed by atoms with Crippen LogP contribution < -0.4 is 10.6 Å². The summed E-state index contributed by atoms with van der Waals surface area (Å²) in [4.78, 5) is 12.8. The van der Waals surface area contributed by atoms with Crippen molar-refractivity contribution < 1.29 is 13.2 Å². The van der Waals surface area contributed by atoms with Crippen LogP contribution in [0.3, 0.4) is 0 Å². The van der Waals surface area contributed by atoms with Crippen molar-refractivity contribution in [2.45, 2.75) is 50.5 Å². The van der Waals surface area contributed by atoms with Crippen molar-refractivity contribution in [3.8, 4) is 0 Å². The lowest BCUT2D eigenvalue weighted by Crippen LogP contribution is -2.49. The third kappa shape index (κ3) is 4.39. The molecule has 3 rings (SSSR count). The zero-order chi connectivity index (χ0) is 18.0. The number of aromatic nitrogens is 2. The van der Waals surface area contributed by atoms with E-state index in [4.69, 9.17) is 0 Å².